The van der Waals surface area contributed by atoms with Gasteiger partial charge in [-0.25, -0.2) is 4.98 Å². The molecule has 0 amide bonds. The number of nitrogens with one attached hydrogen (secondary N) is 1. The Morgan fingerprint density at radius 2 is 2.38 bits per heavy atom. The Morgan fingerprint density at radius 3 is 3.14 bits per heavy atom. The first-order valence-electron chi connectivity index (χ1n) is 7.57. The van der Waals surface area contributed by atoms with Crippen LogP contribution in [0, 0.1) is 5.92 Å². The highest BCUT2D eigenvalue weighted by Crippen LogP contribution is 2.24. The molecule has 2 aromatic heterocycles. The molecule has 0 aliphatic carbocycles. The summed E-state index contributed by atoms with van der Waals surface area (Å²) in [7, 11) is 1.92. The predicted octanol–water partition coefficient (Wildman–Crippen LogP) is 3.03. The molecule has 1 N–H and O–H groups in total. The highest BCUT2D eigenvalue weighted by Gasteiger charge is 2.20. The minimum absolute atomic E-state index is 0.750. The van der Waals surface area contributed by atoms with Crippen molar-refractivity contribution >= 4 is 16.5 Å². The van der Waals surface area contributed by atoms with E-state index in [1.165, 1.54) is 36.4 Å². The molecule has 1 aliphatic rings. The Morgan fingerprint density at radius 1 is 1.43 bits per heavy atom. The van der Waals surface area contributed by atoms with E-state index in [1.54, 1.807) is 11.3 Å². The van der Waals surface area contributed by atoms with E-state index in [0.717, 1.165) is 24.0 Å². The van der Waals surface area contributed by atoms with Gasteiger partial charge in [0.15, 0.2) is 5.13 Å². The molecule has 1 atom stereocenters. The minimum atomic E-state index is 0.750. The number of anilines is 1. The molecule has 1 unspecified atom stereocenters. The first-order valence-corrected chi connectivity index (χ1v) is 8.39. The lowest BCUT2D eigenvalue weighted by atomic mass is 9.92. The third-order valence-corrected chi connectivity index (χ3v) is 5.00. The van der Waals surface area contributed by atoms with Crippen molar-refractivity contribution in [3.63, 3.8) is 0 Å². The standard InChI is InChI=1S/C16H22N4S/c1-17-16-19-10-15(21-16)12-20-7-3-5-14(11-20)8-13-4-2-6-18-9-13/h2,4,6,9-10,14H,3,5,7-8,11-12H2,1H3,(H,17,19). The molecule has 3 rings (SSSR count). The van der Waals surface area contributed by atoms with Crippen LogP contribution in [0.4, 0.5) is 5.13 Å². The van der Waals surface area contributed by atoms with E-state index >= 15 is 0 Å². The van der Waals surface area contributed by atoms with E-state index in [-0.39, 0.29) is 0 Å². The lowest BCUT2D eigenvalue weighted by molar-refractivity contribution is 0.168. The lowest BCUT2D eigenvalue weighted by Crippen LogP contribution is -2.35. The second-order valence-corrected chi connectivity index (χ2v) is 6.81. The molecule has 3 heterocycles. The molecule has 21 heavy (non-hydrogen) atoms. The zero-order chi connectivity index (χ0) is 14.5. The Bertz CT molecular complexity index is 554. The van der Waals surface area contributed by atoms with Crippen LogP contribution in [0.3, 0.4) is 0 Å². The monoisotopic (exact) mass is 302 g/mol. The van der Waals surface area contributed by atoms with Gasteiger partial charge in [0.2, 0.25) is 0 Å². The summed E-state index contributed by atoms with van der Waals surface area (Å²) < 4.78 is 0. The lowest BCUT2D eigenvalue weighted by Gasteiger charge is -2.32. The average Bonchev–Trinajstić information content (AvgIpc) is 2.96. The highest BCUT2D eigenvalue weighted by atomic mass is 32.1. The quantitative estimate of drug-likeness (QED) is 0.922. The van der Waals surface area contributed by atoms with Crippen LogP contribution in [0.25, 0.3) is 0 Å². The summed E-state index contributed by atoms with van der Waals surface area (Å²) in [5.74, 6) is 0.750. The van der Waals surface area contributed by atoms with Gasteiger partial charge in [0.1, 0.15) is 0 Å². The van der Waals surface area contributed by atoms with Gasteiger partial charge in [-0.1, -0.05) is 6.07 Å². The van der Waals surface area contributed by atoms with Crippen LogP contribution >= 0.6 is 11.3 Å². The molecule has 0 saturated carbocycles. The molecule has 0 spiro atoms. The fraction of sp³-hybridized carbons (Fsp3) is 0.500. The fourth-order valence-electron chi connectivity index (χ4n) is 3.03. The van der Waals surface area contributed by atoms with Crippen LogP contribution < -0.4 is 5.32 Å². The van der Waals surface area contributed by atoms with Crippen molar-refractivity contribution in [1.29, 1.82) is 0 Å². The van der Waals surface area contributed by atoms with Gasteiger partial charge in [0.05, 0.1) is 0 Å². The number of rotatable bonds is 5. The molecule has 4 nitrogen and oxygen atoms in total. The number of pyridine rings is 1. The molecule has 1 fully saturated rings. The van der Waals surface area contributed by atoms with Crippen LogP contribution in [-0.4, -0.2) is 35.0 Å². The average molecular weight is 302 g/mol. The van der Waals surface area contributed by atoms with Crippen LogP contribution in [0.2, 0.25) is 0 Å². The molecular formula is C16H22N4S. The number of hydrogen-bond donors (Lipinski definition) is 1. The largest absolute Gasteiger partial charge is 0.365 e. The highest BCUT2D eigenvalue weighted by molar-refractivity contribution is 7.15. The molecular weight excluding hydrogens is 280 g/mol. The van der Waals surface area contributed by atoms with Crippen LogP contribution in [0.1, 0.15) is 23.3 Å². The molecule has 112 valence electrons. The van der Waals surface area contributed by atoms with Crippen LogP contribution in [-0.2, 0) is 13.0 Å². The van der Waals surface area contributed by atoms with Crippen molar-refractivity contribution in [2.24, 2.45) is 5.92 Å². The molecule has 2 aromatic rings. The Kier molecular flexibility index (Phi) is 4.83. The Hall–Kier alpha value is -1.46. The molecule has 0 radical (unpaired) electrons. The second-order valence-electron chi connectivity index (χ2n) is 5.69. The van der Waals surface area contributed by atoms with Crippen LogP contribution in [0.5, 0.6) is 0 Å². The van der Waals surface area contributed by atoms with Gasteiger partial charge in [0, 0.05) is 43.6 Å². The van der Waals surface area contributed by atoms with E-state index in [4.69, 9.17) is 0 Å². The SMILES string of the molecule is CNc1ncc(CN2CCCC(Cc3cccnc3)C2)s1. The van der Waals surface area contributed by atoms with Gasteiger partial charge in [-0.05, 0) is 43.4 Å². The third-order valence-electron chi connectivity index (χ3n) is 4.00. The van der Waals surface area contributed by atoms with Crippen molar-refractivity contribution in [3.8, 4) is 0 Å². The number of nitrogens with zero attached hydrogens (tertiary/aromatic N) is 3. The van der Waals surface area contributed by atoms with Crippen molar-refractivity contribution < 1.29 is 0 Å². The topological polar surface area (TPSA) is 41.1 Å². The fourth-order valence-corrected chi connectivity index (χ4v) is 3.84. The minimum Gasteiger partial charge on any atom is -0.365 e. The number of aromatic nitrogens is 2. The van der Waals surface area contributed by atoms with Crippen molar-refractivity contribution in [2.45, 2.75) is 25.8 Å². The maximum Gasteiger partial charge on any atom is 0.182 e. The maximum atomic E-state index is 4.36. The van der Waals surface area contributed by atoms with Gasteiger partial charge in [-0.3, -0.25) is 9.88 Å². The van der Waals surface area contributed by atoms with E-state index in [1.807, 2.05) is 31.7 Å². The molecule has 1 saturated heterocycles. The Balaban J connectivity index is 1.55. The zero-order valence-corrected chi connectivity index (χ0v) is 13.3. The van der Waals surface area contributed by atoms with Gasteiger partial charge < -0.3 is 5.32 Å². The first kappa shape index (κ1) is 14.5. The molecule has 1 aliphatic heterocycles. The van der Waals surface area contributed by atoms with E-state index in [2.05, 4.69) is 26.3 Å². The summed E-state index contributed by atoms with van der Waals surface area (Å²) in [6.07, 6.45) is 9.62. The molecule has 5 heteroatoms. The molecule has 0 bridgehead atoms. The third kappa shape index (κ3) is 4.02. The molecule has 0 aromatic carbocycles. The van der Waals surface area contributed by atoms with Crippen molar-refractivity contribution in [2.75, 3.05) is 25.5 Å². The van der Waals surface area contributed by atoms with E-state index in [0.29, 0.717) is 0 Å². The number of thiazole rings is 1. The van der Waals surface area contributed by atoms with Crippen LogP contribution in [0.15, 0.2) is 30.7 Å². The number of hydrogen-bond acceptors (Lipinski definition) is 5. The van der Waals surface area contributed by atoms with Gasteiger partial charge in [-0.15, -0.1) is 11.3 Å². The van der Waals surface area contributed by atoms with Crippen molar-refractivity contribution in [3.05, 3.63) is 41.2 Å². The number of likely N-dealkylation sites (tertiary alicyclic amines) is 1. The van der Waals surface area contributed by atoms with Gasteiger partial charge >= 0.3 is 0 Å². The van der Waals surface area contributed by atoms with E-state index < -0.39 is 0 Å². The van der Waals surface area contributed by atoms with Gasteiger partial charge in [-0.2, -0.15) is 0 Å². The summed E-state index contributed by atoms with van der Waals surface area (Å²) in [6, 6.07) is 4.22. The number of piperidine rings is 1. The smallest absolute Gasteiger partial charge is 0.182 e. The Labute approximate surface area is 130 Å². The summed E-state index contributed by atoms with van der Waals surface area (Å²) in [5.41, 5.74) is 1.36. The maximum absolute atomic E-state index is 4.36. The summed E-state index contributed by atoms with van der Waals surface area (Å²) in [4.78, 5) is 12.5. The van der Waals surface area contributed by atoms with Gasteiger partial charge in [0.25, 0.3) is 0 Å². The van der Waals surface area contributed by atoms with Crippen molar-refractivity contribution in [1.82, 2.24) is 14.9 Å². The van der Waals surface area contributed by atoms with E-state index in [9.17, 15) is 0 Å². The normalized spacial score (nSPS) is 19.6. The summed E-state index contributed by atoms with van der Waals surface area (Å²) in [5, 5.41) is 4.12. The predicted molar refractivity (Wildman–Crippen MR) is 87.6 cm³/mol. The zero-order valence-electron chi connectivity index (χ0n) is 12.5. The summed E-state index contributed by atoms with van der Waals surface area (Å²) >= 11 is 1.76. The second kappa shape index (κ2) is 7.00. The first-order chi connectivity index (χ1) is 10.3. The summed E-state index contributed by atoms with van der Waals surface area (Å²) in [6.45, 7) is 3.42.